The van der Waals surface area contributed by atoms with Crippen LogP contribution in [0.1, 0.15) is 11.3 Å². The van der Waals surface area contributed by atoms with E-state index in [1.54, 1.807) is 0 Å². The fraction of sp³-hybridized carbons (Fsp3) is 0.143. The Balaban J connectivity index is 2.18. The smallest absolute Gasteiger partial charge is 0.153 e. The molecule has 0 saturated carbocycles. The fourth-order valence-electron chi connectivity index (χ4n) is 1.58. The van der Waals surface area contributed by atoms with Crippen molar-refractivity contribution in [2.75, 3.05) is 5.32 Å². The maximum absolute atomic E-state index is 4.18. The molecule has 1 aromatic carbocycles. The molecule has 3 nitrogen and oxygen atoms in total. The van der Waals surface area contributed by atoms with Gasteiger partial charge in [0.15, 0.2) is 5.82 Å². The van der Waals surface area contributed by atoms with Crippen molar-refractivity contribution >= 4 is 11.5 Å². The second kappa shape index (κ2) is 5.25. The van der Waals surface area contributed by atoms with E-state index in [1.807, 2.05) is 49.4 Å². The number of aromatic nitrogens is 2. The van der Waals surface area contributed by atoms with Crippen LogP contribution in [0.2, 0.25) is 0 Å². The quantitative estimate of drug-likeness (QED) is 0.811. The Morgan fingerprint density at radius 2 is 2.00 bits per heavy atom. The summed E-state index contributed by atoms with van der Waals surface area (Å²) in [6.45, 7) is 5.74. The molecule has 0 bridgehead atoms. The minimum Gasteiger partial charge on any atom is -0.339 e. The van der Waals surface area contributed by atoms with E-state index in [1.165, 1.54) is 0 Å². The van der Waals surface area contributed by atoms with Gasteiger partial charge in [-0.25, -0.2) is 0 Å². The average Bonchev–Trinajstić information content (AvgIpc) is 2.34. The van der Waals surface area contributed by atoms with Crippen molar-refractivity contribution in [2.45, 2.75) is 13.3 Å². The van der Waals surface area contributed by atoms with E-state index in [9.17, 15) is 0 Å². The monoisotopic (exact) mass is 225 g/mol. The third kappa shape index (κ3) is 2.91. The van der Waals surface area contributed by atoms with E-state index < -0.39 is 0 Å². The number of allylic oxidation sites excluding steroid dienone is 1. The molecule has 0 aliphatic heterocycles. The lowest BCUT2D eigenvalue weighted by Crippen LogP contribution is -2.00. The highest BCUT2D eigenvalue weighted by Crippen LogP contribution is 2.15. The van der Waals surface area contributed by atoms with Crippen molar-refractivity contribution in [1.82, 2.24) is 10.2 Å². The lowest BCUT2D eigenvalue weighted by Gasteiger charge is -2.07. The number of nitrogens with zero attached hydrogens (tertiary/aromatic N) is 2. The van der Waals surface area contributed by atoms with Crippen LogP contribution in [0.4, 0.5) is 11.5 Å². The van der Waals surface area contributed by atoms with Crippen molar-refractivity contribution in [3.63, 3.8) is 0 Å². The summed E-state index contributed by atoms with van der Waals surface area (Å²) in [7, 11) is 0. The standard InChI is InChI=1S/C14H15N3/c1-3-7-13-11(2)10-14(17-16-13)15-12-8-5-4-6-9-12/h3-6,8-10H,1,7H2,2H3,(H,15,17). The maximum Gasteiger partial charge on any atom is 0.153 e. The van der Waals surface area contributed by atoms with Crippen molar-refractivity contribution in [3.8, 4) is 0 Å². The zero-order chi connectivity index (χ0) is 12.1. The summed E-state index contributed by atoms with van der Waals surface area (Å²) in [5, 5.41) is 11.5. The molecule has 0 unspecified atom stereocenters. The third-order valence-corrected chi connectivity index (χ3v) is 2.47. The van der Waals surface area contributed by atoms with Crippen LogP contribution in [-0.4, -0.2) is 10.2 Å². The number of para-hydroxylation sites is 1. The van der Waals surface area contributed by atoms with Crippen molar-refractivity contribution in [3.05, 3.63) is 60.3 Å². The first-order valence-corrected chi connectivity index (χ1v) is 5.56. The summed E-state index contributed by atoms with van der Waals surface area (Å²) in [4.78, 5) is 0. The molecular formula is C14H15N3. The predicted molar refractivity (Wildman–Crippen MR) is 70.4 cm³/mol. The summed E-state index contributed by atoms with van der Waals surface area (Å²) in [6.07, 6.45) is 2.59. The molecule has 1 aromatic heterocycles. The number of anilines is 2. The molecule has 0 amide bonds. The Morgan fingerprint density at radius 1 is 1.24 bits per heavy atom. The maximum atomic E-state index is 4.18. The molecule has 0 saturated heterocycles. The molecule has 3 heteroatoms. The molecule has 1 N–H and O–H groups in total. The Bertz CT molecular complexity index is 506. The highest BCUT2D eigenvalue weighted by molar-refractivity contribution is 5.55. The lowest BCUT2D eigenvalue weighted by molar-refractivity contribution is 0.935. The normalized spacial score (nSPS) is 9.94. The zero-order valence-electron chi connectivity index (χ0n) is 9.85. The van der Waals surface area contributed by atoms with E-state index in [0.29, 0.717) is 0 Å². The van der Waals surface area contributed by atoms with E-state index in [0.717, 1.165) is 29.2 Å². The van der Waals surface area contributed by atoms with Gasteiger partial charge < -0.3 is 5.32 Å². The molecule has 0 fully saturated rings. The van der Waals surface area contributed by atoms with Gasteiger partial charge in [-0.3, -0.25) is 0 Å². The zero-order valence-corrected chi connectivity index (χ0v) is 9.85. The Labute approximate surface area is 101 Å². The molecule has 0 aliphatic carbocycles. The van der Waals surface area contributed by atoms with E-state index in [-0.39, 0.29) is 0 Å². The summed E-state index contributed by atoms with van der Waals surface area (Å²) in [6, 6.07) is 11.9. The number of benzene rings is 1. The molecule has 2 rings (SSSR count). The van der Waals surface area contributed by atoms with Gasteiger partial charge in [0.2, 0.25) is 0 Å². The molecular weight excluding hydrogens is 210 g/mol. The molecule has 0 atom stereocenters. The van der Waals surface area contributed by atoms with Gasteiger partial charge in [0.1, 0.15) is 0 Å². The van der Waals surface area contributed by atoms with Crippen molar-refractivity contribution in [1.29, 1.82) is 0 Å². The number of aryl methyl sites for hydroxylation is 1. The minimum atomic E-state index is 0.754. The summed E-state index contributed by atoms with van der Waals surface area (Å²) >= 11 is 0. The summed E-state index contributed by atoms with van der Waals surface area (Å²) in [5.41, 5.74) is 3.11. The Morgan fingerprint density at radius 3 is 2.65 bits per heavy atom. The van der Waals surface area contributed by atoms with Gasteiger partial charge >= 0.3 is 0 Å². The highest BCUT2D eigenvalue weighted by atomic mass is 15.2. The van der Waals surface area contributed by atoms with Crippen LogP contribution in [0.5, 0.6) is 0 Å². The van der Waals surface area contributed by atoms with Crippen LogP contribution in [0, 0.1) is 6.92 Å². The molecule has 0 aliphatic rings. The van der Waals surface area contributed by atoms with E-state index >= 15 is 0 Å². The van der Waals surface area contributed by atoms with Gasteiger partial charge in [0.05, 0.1) is 5.69 Å². The van der Waals surface area contributed by atoms with E-state index in [4.69, 9.17) is 0 Å². The summed E-state index contributed by atoms with van der Waals surface area (Å²) in [5.74, 6) is 0.765. The third-order valence-electron chi connectivity index (χ3n) is 2.47. The minimum absolute atomic E-state index is 0.754. The fourth-order valence-corrected chi connectivity index (χ4v) is 1.58. The topological polar surface area (TPSA) is 37.8 Å². The lowest BCUT2D eigenvalue weighted by atomic mass is 10.2. The second-order valence-corrected chi connectivity index (χ2v) is 3.84. The van der Waals surface area contributed by atoms with E-state index in [2.05, 4.69) is 22.1 Å². The predicted octanol–water partition coefficient (Wildman–Crippen LogP) is 3.26. The number of rotatable bonds is 4. The van der Waals surface area contributed by atoms with Gasteiger partial charge in [0, 0.05) is 12.1 Å². The number of hydrogen-bond donors (Lipinski definition) is 1. The average molecular weight is 225 g/mol. The SMILES string of the molecule is C=CCc1nnc(Nc2ccccc2)cc1C. The first-order valence-electron chi connectivity index (χ1n) is 5.56. The van der Waals surface area contributed by atoms with Crippen LogP contribution in [0.15, 0.2) is 49.1 Å². The van der Waals surface area contributed by atoms with Crippen LogP contribution < -0.4 is 5.32 Å². The van der Waals surface area contributed by atoms with Gasteiger partial charge in [-0.15, -0.1) is 11.7 Å². The van der Waals surface area contributed by atoms with Crippen LogP contribution in [-0.2, 0) is 6.42 Å². The highest BCUT2D eigenvalue weighted by Gasteiger charge is 2.02. The van der Waals surface area contributed by atoms with Crippen LogP contribution in [0.3, 0.4) is 0 Å². The van der Waals surface area contributed by atoms with Crippen molar-refractivity contribution in [2.24, 2.45) is 0 Å². The summed E-state index contributed by atoms with van der Waals surface area (Å²) < 4.78 is 0. The molecule has 86 valence electrons. The first kappa shape index (κ1) is 11.3. The van der Waals surface area contributed by atoms with Gasteiger partial charge in [-0.2, -0.15) is 5.10 Å². The molecule has 2 aromatic rings. The largest absolute Gasteiger partial charge is 0.339 e. The van der Waals surface area contributed by atoms with Gasteiger partial charge in [0.25, 0.3) is 0 Å². The molecule has 1 heterocycles. The van der Waals surface area contributed by atoms with Crippen LogP contribution in [0.25, 0.3) is 0 Å². The van der Waals surface area contributed by atoms with Crippen molar-refractivity contribution < 1.29 is 0 Å². The first-order chi connectivity index (χ1) is 8.29. The number of hydrogen-bond acceptors (Lipinski definition) is 3. The Kier molecular flexibility index (Phi) is 3.50. The molecule has 17 heavy (non-hydrogen) atoms. The van der Waals surface area contributed by atoms with Gasteiger partial charge in [-0.05, 0) is 30.7 Å². The molecule has 0 radical (unpaired) electrons. The molecule has 0 spiro atoms. The number of nitrogens with one attached hydrogen (secondary N) is 1. The van der Waals surface area contributed by atoms with Gasteiger partial charge in [-0.1, -0.05) is 24.3 Å². The van der Waals surface area contributed by atoms with Crippen LogP contribution >= 0.6 is 0 Å². The Hall–Kier alpha value is -2.16. The second-order valence-electron chi connectivity index (χ2n) is 3.84.